The minimum atomic E-state index is -0.387. The Hall–Kier alpha value is -1.18. The van der Waals surface area contributed by atoms with Crippen LogP contribution in [0.1, 0.15) is 0 Å². The number of rotatable bonds is 6. The predicted octanol–water partition coefficient (Wildman–Crippen LogP) is 0.564. The number of nitrogens with zero attached hydrogens (tertiary/aromatic N) is 3. The van der Waals surface area contributed by atoms with Crippen LogP contribution in [0.4, 0.5) is 5.95 Å². The van der Waals surface area contributed by atoms with E-state index in [1.165, 1.54) is 21.3 Å². The van der Waals surface area contributed by atoms with E-state index in [2.05, 4.69) is 20.3 Å². The molecule has 90 valence electrons. The van der Waals surface area contributed by atoms with Gasteiger partial charge in [0.25, 0.3) is 0 Å². The van der Waals surface area contributed by atoms with Gasteiger partial charge in [0.1, 0.15) is 0 Å². The maximum absolute atomic E-state index is 5.67. The number of aromatic nitrogens is 3. The van der Waals surface area contributed by atoms with Gasteiger partial charge in [-0.2, -0.15) is 15.0 Å². The van der Waals surface area contributed by atoms with Gasteiger partial charge in [-0.25, -0.2) is 0 Å². The fraction of sp³-hybridized carbons (Fsp3) is 0.625. The second kappa shape index (κ2) is 6.41. The van der Waals surface area contributed by atoms with Gasteiger partial charge in [0.05, 0.1) is 13.7 Å². The van der Waals surface area contributed by atoms with E-state index in [4.69, 9.17) is 25.8 Å². The fourth-order valence-electron chi connectivity index (χ4n) is 0.940. The Morgan fingerprint density at radius 3 is 2.44 bits per heavy atom. The maximum Gasteiger partial charge on any atom is 0.322 e. The van der Waals surface area contributed by atoms with Crippen LogP contribution < -0.4 is 10.1 Å². The van der Waals surface area contributed by atoms with Crippen LogP contribution in [0.3, 0.4) is 0 Å². The van der Waals surface area contributed by atoms with Gasteiger partial charge in [0.2, 0.25) is 11.2 Å². The summed E-state index contributed by atoms with van der Waals surface area (Å²) in [6, 6.07) is 0.147. The summed E-state index contributed by atoms with van der Waals surface area (Å²) in [4.78, 5) is 11.5. The standard InChI is InChI=1S/C8H13ClN4O3/c1-14-5(15-2)4-10-7-11-6(9)12-8(13-7)16-3/h5H,4H2,1-3H3,(H,10,11,12,13). The number of hydrogen-bond acceptors (Lipinski definition) is 7. The largest absolute Gasteiger partial charge is 0.467 e. The Labute approximate surface area is 98.1 Å². The van der Waals surface area contributed by atoms with Crippen molar-refractivity contribution in [3.8, 4) is 6.01 Å². The predicted molar refractivity (Wildman–Crippen MR) is 57.7 cm³/mol. The summed E-state index contributed by atoms with van der Waals surface area (Å²) in [7, 11) is 4.52. The number of nitrogens with one attached hydrogen (secondary N) is 1. The highest BCUT2D eigenvalue weighted by molar-refractivity contribution is 6.28. The lowest BCUT2D eigenvalue weighted by molar-refractivity contribution is -0.0914. The van der Waals surface area contributed by atoms with E-state index in [0.717, 1.165) is 0 Å². The first-order chi connectivity index (χ1) is 7.69. The monoisotopic (exact) mass is 248 g/mol. The van der Waals surface area contributed by atoms with E-state index in [-0.39, 0.29) is 17.6 Å². The quantitative estimate of drug-likeness (QED) is 0.737. The number of halogens is 1. The van der Waals surface area contributed by atoms with Crippen molar-refractivity contribution in [1.29, 1.82) is 0 Å². The molecule has 1 aromatic heterocycles. The van der Waals surface area contributed by atoms with Crippen LogP contribution in [0, 0.1) is 0 Å². The van der Waals surface area contributed by atoms with Gasteiger partial charge >= 0.3 is 6.01 Å². The first kappa shape index (κ1) is 12.9. The van der Waals surface area contributed by atoms with E-state index in [0.29, 0.717) is 12.5 Å². The Morgan fingerprint density at radius 2 is 1.88 bits per heavy atom. The zero-order chi connectivity index (χ0) is 12.0. The van der Waals surface area contributed by atoms with E-state index in [1.54, 1.807) is 0 Å². The highest BCUT2D eigenvalue weighted by Crippen LogP contribution is 2.10. The van der Waals surface area contributed by atoms with Crippen LogP contribution >= 0.6 is 11.6 Å². The lowest BCUT2D eigenvalue weighted by Gasteiger charge is -2.13. The van der Waals surface area contributed by atoms with Crippen LogP contribution in [-0.4, -0.2) is 49.1 Å². The van der Waals surface area contributed by atoms with Crippen molar-refractivity contribution in [2.75, 3.05) is 33.2 Å². The smallest absolute Gasteiger partial charge is 0.322 e. The molecule has 0 aliphatic heterocycles. The minimum Gasteiger partial charge on any atom is -0.467 e. The number of hydrogen-bond donors (Lipinski definition) is 1. The molecule has 0 unspecified atom stereocenters. The van der Waals surface area contributed by atoms with Crippen molar-refractivity contribution in [3.63, 3.8) is 0 Å². The Kier molecular flexibility index (Phi) is 5.17. The second-order valence-corrected chi connectivity index (χ2v) is 3.03. The van der Waals surface area contributed by atoms with E-state index < -0.39 is 0 Å². The number of methoxy groups -OCH3 is 3. The molecule has 0 fully saturated rings. The topological polar surface area (TPSA) is 78.4 Å². The second-order valence-electron chi connectivity index (χ2n) is 2.70. The van der Waals surface area contributed by atoms with Crippen molar-refractivity contribution in [3.05, 3.63) is 5.28 Å². The summed E-state index contributed by atoms with van der Waals surface area (Å²) >= 11 is 5.67. The van der Waals surface area contributed by atoms with Crippen LogP contribution in [0.2, 0.25) is 5.28 Å². The molecule has 0 atom stereocenters. The molecule has 0 aliphatic carbocycles. The molecule has 0 spiro atoms. The van der Waals surface area contributed by atoms with E-state index in [9.17, 15) is 0 Å². The normalized spacial score (nSPS) is 10.6. The van der Waals surface area contributed by atoms with Crippen LogP contribution in [0.25, 0.3) is 0 Å². The number of anilines is 1. The molecule has 0 bridgehead atoms. The van der Waals surface area contributed by atoms with Crippen molar-refractivity contribution in [2.45, 2.75) is 6.29 Å². The third-order valence-electron chi connectivity index (χ3n) is 1.72. The fourth-order valence-corrected chi connectivity index (χ4v) is 1.09. The summed E-state index contributed by atoms with van der Waals surface area (Å²) in [5, 5.41) is 2.94. The van der Waals surface area contributed by atoms with Crippen molar-refractivity contribution in [2.24, 2.45) is 0 Å². The molecule has 0 aliphatic rings. The van der Waals surface area contributed by atoms with E-state index in [1.807, 2.05) is 0 Å². The van der Waals surface area contributed by atoms with Crippen LogP contribution in [0.5, 0.6) is 6.01 Å². The first-order valence-corrected chi connectivity index (χ1v) is 4.82. The molecule has 1 aromatic rings. The molecule has 0 saturated heterocycles. The molecule has 1 N–H and O–H groups in total. The summed E-state index contributed by atoms with van der Waals surface area (Å²) < 4.78 is 14.8. The molecular formula is C8H13ClN4O3. The lowest BCUT2D eigenvalue weighted by atomic mass is 10.6. The third kappa shape index (κ3) is 3.76. The maximum atomic E-state index is 5.67. The highest BCUT2D eigenvalue weighted by atomic mass is 35.5. The molecule has 16 heavy (non-hydrogen) atoms. The molecule has 1 heterocycles. The first-order valence-electron chi connectivity index (χ1n) is 4.44. The van der Waals surface area contributed by atoms with Gasteiger partial charge in [-0.3, -0.25) is 0 Å². The average molecular weight is 249 g/mol. The highest BCUT2D eigenvalue weighted by Gasteiger charge is 2.08. The zero-order valence-corrected chi connectivity index (χ0v) is 9.98. The molecule has 0 amide bonds. The van der Waals surface area contributed by atoms with Gasteiger partial charge in [0.15, 0.2) is 6.29 Å². The average Bonchev–Trinajstić information content (AvgIpc) is 2.29. The Bertz CT molecular complexity index is 335. The lowest BCUT2D eigenvalue weighted by Crippen LogP contribution is -2.24. The third-order valence-corrected chi connectivity index (χ3v) is 1.89. The molecule has 7 nitrogen and oxygen atoms in total. The van der Waals surface area contributed by atoms with Crippen LogP contribution in [-0.2, 0) is 9.47 Å². The summed E-state index contributed by atoms with van der Waals surface area (Å²) in [5.74, 6) is 0.302. The van der Waals surface area contributed by atoms with Gasteiger partial charge < -0.3 is 19.5 Å². The number of ether oxygens (including phenoxy) is 3. The molecule has 1 rings (SSSR count). The minimum absolute atomic E-state index is 0.0562. The summed E-state index contributed by atoms with van der Waals surface area (Å²) in [6.07, 6.45) is -0.387. The van der Waals surface area contributed by atoms with Gasteiger partial charge in [-0.15, -0.1) is 0 Å². The Balaban J connectivity index is 2.62. The van der Waals surface area contributed by atoms with Gasteiger partial charge in [-0.05, 0) is 11.6 Å². The van der Waals surface area contributed by atoms with Crippen molar-refractivity contribution < 1.29 is 14.2 Å². The van der Waals surface area contributed by atoms with Gasteiger partial charge in [0, 0.05) is 14.2 Å². The molecular weight excluding hydrogens is 236 g/mol. The molecule has 0 aromatic carbocycles. The van der Waals surface area contributed by atoms with Crippen molar-refractivity contribution >= 4 is 17.5 Å². The molecule has 8 heteroatoms. The molecule has 0 radical (unpaired) electrons. The van der Waals surface area contributed by atoms with Gasteiger partial charge in [-0.1, -0.05) is 0 Å². The van der Waals surface area contributed by atoms with E-state index >= 15 is 0 Å². The van der Waals surface area contributed by atoms with Crippen molar-refractivity contribution in [1.82, 2.24) is 15.0 Å². The summed E-state index contributed by atoms with van der Waals surface area (Å²) in [6.45, 7) is 0.385. The summed E-state index contributed by atoms with van der Waals surface area (Å²) in [5.41, 5.74) is 0. The Morgan fingerprint density at radius 1 is 1.19 bits per heavy atom. The SMILES string of the molecule is COc1nc(Cl)nc(NCC(OC)OC)n1. The van der Waals surface area contributed by atoms with Crippen LogP contribution in [0.15, 0.2) is 0 Å². The molecule has 0 saturated carbocycles. The zero-order valence-electron chi connectivity index (χ0n) is 9.23.